The van der Waals surface area contributed by atoms with Crippen LogP contribution in [0.3, 0.4) is 0 Å². The van der Waals surface area contributed by atoms with E-state index in [1.54, 1.807) is 0 Å². The standard InChI is InChI=1S/C20H16O7S/c1-8(21)20(27-9(2)22)4-3-10-11(5-20)17(24)15-14(16(10)23)18(25)12-6-28-7-13(12)19(15)26/h6-7,23-24H,3-5H2,1-2H3. The van der Waals surface area contributed by atoms with E-state index in [4.69, 9.17) is 4.74 Å². The van der Waals surface area contributed by atoms with Crippen molar-refractivity contribution in [3.8, 4) is 11.5 Å². The van der Waals surface area contributed by atoms with Gasteiger partial charge in [0.25, 0.3) is 0 Å². The first-order chi connectivity index (χ1) is 13.2. The summed E-state index contributed by atoms with van der Waals surface area (Å²) in [6.45, 7) is 2.47. The van der Waals surface area contributed by atoms with Crippen molar-refractivity contribution in [3.63, 3.8) is 0 Å². The summed E-state index contributed by atoms with van der Waals surface area (Å²) >= 11 is 1.18. The number of benzene rings is 1. The Labute approximate surface area is 163 Å². The van der Waals surface area contributed by atoms with Gasteiger partial charge in [-0.05, 0) is 19.8 Å². The number of rotatable bonds is 2. The number of phenolic OH excluding ortho intramolecular Hbond substituents is 2. The number of aromatic hydroxyl groups is 2. The van der Waals surface area contributed by atoms with E-state index < -0.39 is 34.7 Å². The molecule has 7 nitrogen and oxygen atoms in total. The molecule has 1 aromatic carbocycles. The second kappa shape index (κ2) is 6.00. The SMILES string of the molecule is CC(=O)OC1(C(C)=O)CCc2c(O)c3c(c(O)c2C1)C(=O)c1cscc1C3=O. The maximum atomic E-state index is 12.9. The zero-order valence-electron chi connectivity index (χ0n) is 15.1. The molecule has 28 heavy (non-hydrogen) atoms. The van der Waals surface area contributed by atoms with Crippen LogP contribution >= 0.6 is 11.3 Å². The Bertz CT molecular complexity index is 1090. The Morgan fingerprint density at radius 2 is 1.54 bits per heavy atom. The van der Waals surface area contributed by atoms with E-state index in [0.717, 1.165) is 0 Å². The van der Waals surface area contributed by atoms with Crippen LogP contribution in [0.1, 0.15) is 63.2 Å². The molecule has 1 atom stereocenters. The predicted octanol–water partition coefficient (Wildman–Crippen LogP) is 2.31. The Hall–Kier alpha value is -3.00. The molecule has 0 radical (unpaired) electrons. The van der Waals surface area contributed by atoms with Crippen LogP contribution in [-0.2, 0) is 27.2 Å². The lowest BCUT2D eigenvalue weighted by Crippen LogP contribution is -2.46. The molecule has 1 aromatic heterocycles. The number of fused-ring (bicyclic) bond motifs is 3. The minimum atomic E-state index is -1.48. The largest absolute Gasteiger partial charge is 0.507 e. The number of hydrogen-bond acceptors (Lipinski definition) is 8. The number of phenols is 2. The molecule has 0 fully saturated rings. The maximum absolute atomic E-state index is 12.9. The van der Waals surface area contributed by atoms with Crippen molar-refractivity contribution in [2.75, 3.05) is 0 Å². The van der Waals surface area contributed by atoms with Gasteiger partial charge in [0.05, 0.1) is 11.1 Å². The Morgan fingerprint density at radius 1 is 1.00 bits per heavy atom. The molecule has 0 amide bonds. The molecule has 0 aliphatic heterocycles. The Morgan fingerprint density at radius 3 is 2.04 bits per heavy atom. The molecule has 1 unspecified atom stereocenters. The van der Waals surface area contributed by atoms with E-state index in [1.807, 2.05) is 0 Å². The number of hydrogen-bond donors (Lipinski definition) is 2. The number of ketones is 3. The van der Waals surface area contributed by atoms with E-state index in [-0.39, 0.29) is 52.8 Å². The van der Waals surface area contributed by atoms with E-state index in [9.17, 15) is 29.4 Å². The first kappa shape index (κ1) is 18.4. The van der Waals surface area contributed by atoms with Crippen LogP contribution in [-0.4, -0.2) is 39.1 Å². The van der Waals surface area contributed by atoms with E-state index >= 15 is 0 Å². The fourth-order valence-electron chi connectivity index (χ4n) is 4.08. The molecule has 2 N–H and O–H groups in total. The van der Waals surface area contributed by atoms with Crippen LogP contribution in [0.25, 0.3) is 0 Å². The third kappa shape index (κ3) is 2.34. The minimum absolute atomic E-state index is 0.104. The first-order valence-electron chi connectivity index (χ1n) is 8.63. The van der Waals surface area contributed by atoms with Crippen LogP contribution in [0.2, 0.25) is 0 Å². The maximum Gasteiger partial charge on any atom is 0.303 e. The lowest BCUT2D eigenvalue weighted by molar-refractivity contribution is -0.166. The van der Waals surface area contributed by atoms with Gasteiger partial charge in [0.15, 0.2) is 23.0 Å². The van der Waals surface area contributed by atoms with Crippen LogP contribution in [0, 0.1) is 0 Å². The highest BCUT2D eigenvalue weighted by Gasteiger charge is 2.46. The predicted molar refractivity (Wildman–Crippen MR) is 98.2 cm³/mol. The van der Waals surface area contributed by atoms with Gasteiger partial charge < -0.3 is 14.9 Å². The van der Waals surface area contributed by atoms with Gasteiger partial charge in [0, 0.05) is 46.4 Å². The average Bonchev–Trinajstić information content (AvgIpc) is 3.12. The molecular weight excluding hydrogens is 384 g/mol. The Balaban J connectivity index is 1.94. The van der Waals surface area contributed by atoms with Gasteiger partial charge in [-0.1, -0.05) is 0 Å². The highest BCUT2D eigenvalue weighted by Crippen LogP contribution is 2.48. The van der Waals surface area contributed by atoms with Gasteiger partial charge >= 0.3 is 5.97 Å². The molecule has 2 aliphatic carbocycles. The van der Waals surface area contributed by atoms with Crippen molar-refractivity contribution < 1.29 is 34.1 Å². The van der Waals surface area contributed by atoms with E-state index in [2.05, 4.69) is 0 Å². The van der Waals surface area contributed by atoms with Gasteiger partial charge in [-0.25, -0.2) is 0 Å². The fourth-order valence-corrected chi connectivity index (χ4v) is 4.89. The number of Topliss-reactive ketones (excluding diaryl/α,β-unsaturated/α-hetero) is 1. The van der Waals surface area contributed by atoms with E-state index in [1.165, 1.54) is 35.9 Å². The van der Waals surface area contributed by atoms with Crippen molar-refractivity contribution in [1.29, 1.82) is 0 Å². The monoisotopic (exact) mass is 400 g/mol. The van der Waals surface area contributed by atoms with Crippen LogP contribution < -0.4 is 0 Å². The van der Waals surface area contributed by atoms with Crippen LogP contribution in [0.15, 0.2) is 10.8 Å². The fraction of sp³-hybridized carbons (Fsp3) is 0.300. The van der Waals surface area contributed by atoms with Crippen molar-refractivity contribution in [2.45, 2.75) is 38.7 Å². The second-order valence-corrected chi connectivity index (χ2v) is 7.83. The zero-order valence-corrected chi connectivity index (χ0v) is 15.9. The number of thiophene rings is 1. The normalized spacial score (nSPS) is 20.2. The van der Waals surface area contributed by atoms with Gasteiger partial charge in [-0.2, -0.15) is 11.3 Å². The van der Waals surface area contributed by atoms with Gasteiger partial charge in [0.1, 0.15) is 11.5 Å². The summed E-state index contributed by atoms with van der Waals surface area (Å²) in [5.74, 6) is -2.94. The summed E-state index contributed by atoms with van der Waals surface area (Å²) in [5, 5.41) is 24.7. The molecule has 0 saturated heterocycles. The van der Waals surface area contributed by atoms with Gasteiger partial charge in [-0.3, -0.25) is 19.2 Å². The van der Waals surface area contributed by atoms with Crippen molar-refractivity contribution >= 4 is 34.7 Å². The molecule has 1 heterocycles. The zero-order chi connectivity index (χ0) is 20.4. The van der Waals surface area contributed by atoms with E-state index in [0.29, 0.717) is 5.56 Å². The summed E-state index contributed by atoms with van der Waals surface area (Å²) in [6.07, 6.45) is 0.0290. The van der Waals surface area contributed by atoms with Crippen molar-refractivity contribution in [2.24, 2.45) is 0 Å². The number of ether oxygens (including phenoxy) is 1. The summed E-state index contributed by atoms with van der Waals surface area (Å²) in [7, 11) is 0. The summed E-state index contributed by atoms with van der Waals surface area (Å²) in [6, 6.07) is 0. The lowest BCUT2D eigenvalue weighted by atomic mass is 9.73. The molecule has 4 rings (SSSR count). The summed E-state index contributed by atoms with van der Waals surface area (Å²) < 4.78 is 5.30. The average molecular weight is 400 g/mol. The number of carbonyl (C=O) groups excluding carboxylic acids is 4. The highest BCUT2D eigenvalue weighted by atomic mass is 32.1. The molecule has 144 valence electrons. The topological polar surface area (TPSA) is 118 Å². The highest BCUT2D eigenvalue weighted by molar-refractivity contribution is 7.08. The summed E-state index contributed by atoms with van der Waals surface area (Å²) in [5.41, 5.74) is -1.15. The smallest absolute Gasteiger partial charge is 0.303 e. The Kier molecular flexibility index (Phi) is 3.94. The van der Waals surface area contributed by atoms with Crippen molar-refractivity contribution in [1.82, 2.24) is 0 Å². The van der Waals surface area contributed by atoms with Gasteiger partial charge in [0.2, 0.25) is 0 Å². The molecular formula is C20H16O7S. The summed E-state index contributed by atoms with van der Waals surface area (Å²) in [4.78, 5) is 49.5. The minimum Gasteiger partial charge on any atom is -0.507 e. The molecule has 0 spiro atoms. The molecule has 0 bridgehead atoms. The molecule has 8 heteroatoms. The number of esters is 1. The van der Waals surface area contributed by atoms with Crippen LogP contribution in [0.4, 0.5) is 0 Å². The third-order valence-electron chi connectivity index (χ3n) is 5.49. The van der Waals surface area contributed by atoms with Crippen LogP contribution in [0.5, 0.6) is 11.5 Å². The van der Waals surface area contributed by atoms with Gasteiger partial charge in [-0.15, -0.1) is 0 Å². The molecule has 2 aromatic rings. The third-order valence-corrected chi connectivity index (χ3v) is 6.23. The quantitative estimate of drug-likeness (QED) is 0.501. The second-order valence-electron chi connectivity index (χ2n) is 7.08. The number of carbonyl (C=O) groups is 4. The first-order valence-corrected chi connectivity index (χ1v) is 9.58. The van der Waals surface area contributed by atoms with Crippen molar-refractivity contribution in [3.05, 3.63) is 44.1 Å². The molecule has 2 aliphatic rings. The lowest BCUT2D eigenvalue weighted by Gasteiger charge is -2.36. The molecule has 0 saturated carbocycles.